The van der Waals surface area contributed by atoms with Crippen molar-refractivity contribution in [2.24, 2.45) is 5.92 Å². The third-order valence-electron chi connectivity index (χ3n) is 1.60. The summed E-state index contributed by atoms with van der Waals surface area (Å²) in [4.78, 5) is 11.9. The third kappa shape index (κ3) is 7.13. The van der Waals surface area contributed by atoms with E-state index in [0.29, 0.717) is 10.8 Å². The molecule has 0 radical (unpaired) electrons. The van der Waals surface area contributed by atoms with E-state index in [1.165, 1.54) is 11.3 Å². The molecule has 1 N–H and O–H groups in total. The Hall–Kier alpha value is -1.27. The zero-order valence-electron chi connectivity index (χ0n) is 12.4. The summed E-state index contributed by atoms with van der Waals surface area (Å²) in [5, 5.41) is 8.82. The van der Waals surface area contributed by atoms with Gasteiger partial charge in [-0.2, -0.15) is 0 Å². The van der Waals surface area contributed by atoms with Gasteiger partial charge < -0.3 is 5.11 Å². The Morgan fingerprint density at radius 1 is 1.28 bits per heavy atom. The summed E-state index contributed by atoms with van der Waals surface area (Å²) in [6, 6.07) is 1.82. The van der Waals surface area contributed by atoms with Crippen LogP contribution in [0.5, 0.6) is 0 Å². The Kier molecular flexibility index (Phi) is 11.5. The Labute approximate surface area is 115 Å². The largest absolute Gasteiger partial charge is 0.477 e. The highest BCUT2D eigenvalue weighted by atomic mass is 32.1. The number of aromatic carboxylic acids is 1. The summed E-state index contributed by atoms with van der Waals surface area (Å²) < 4.78 is 0. The molecule has 1 aromatic rings. The van der Waals surface area contributed by atoms with Gasteiger partial charge in [-0.1, -0.05) is 53.4 Å². The van der Waals surface area contributed by atoms with Gasteiger partial charge in [0, 0.05) is 5.92 Å². The van der Waals surface area contributed by atoms with Crippen LogP contribution in [0.2, 0.25) is 0 Å². The maximum Gasteiger partial charge on any atom is 0.346 e. The SMILES string of the molecule is CC.CC.Cc1cc(C#CC(C)C)sc1C(=O)O. The molecular formula is C15H24O2S. The fraction of sp³-hybridized carbons (Fsp3) is 0.533. The number of thiophene rings is 1. The molecule has 0 saturated carbocycles. The minimum absolute atomic E-state index is 0.311. The summed E-state index contributed by atoms with van der Waals surface area (Å²) in [5.74, 6) is 5.41. The van der Waals surface area contributed by atoms with Crippen molar-refractivity contribution in [2.75, 3.05) is 0 Å². The smallest absolute Gasteiger partial charge is 0.346 e. The van der Waals surface area contributed by atoms with Gasteiger partial charge in [-0.05, 0) is 18.6 Å². The van der Waals surface area contributed by atoms with E-state index < -0.39 is 5.97 Å². The van der Waals surface area contributed by atoms with Crippen molar-refractivity contribution in [3.63, 3.8) is 0 Å². The number of carboxylic acid groups (broad SMARTS) is 1. The van der Waals surface area contributed by atoms with Gasteiger partial charge in [0.2, 0.25) is 0 Å². The molecule has 2 nitrogen and oxygen atoms in total. The lowest BCUT2D eigenvalue weighted by Gasteiger charge is -1.86. The van der Waals surface area contributed by atoms with Crippen LogP contribution in [0.4, 0.5) is 0 Å². The van der Waals surface area contributed by atoms with Crippen LogP contribution in [0.15, 0.2) is 6.07 Å². The molecule has 0 aliphatic heterocycles. The first-order chi connectivity index (χ1) is 8.50. The van der Waals surface area contributed by atoms with E-state index in [-0.39, 0.29) is 0 Å². The van der Waals surface area contributed by atoms with Crippen molar-refractivity contribution in [1.82, 2.24) is 0 Å². The van der Waals surface area contributed by atoms with Crippen LogP contribution in [0.3, 0.4) is 0 Å². The standard InChI is InChI=1S/C11H12O2S.2C2H6/c1-7(2)4-5-9-6-8(3)10(14-9)11(12)13;2*1-2/h6-7H,1-3H3,(H,12,13);2*1-2H3. The Morgan fingerprint density at radius 2 is 1.78 bits per heavy atom. The summed E-state index contributed by atoms with van der Waals surface area (Å²) in [6.45, 7) is 13.8. The maximum atomic E-state index is 10.7. The molecule has 18 heavy (non-hydrogen) atoms. The third-order valence-corrected chi connectivity index (χ3v) is 2.74. The topological polar surface area (TPSA) is 37.3 Å². The molecule has 0 fully saturated rings. The van der Waals surface area contributed by atoms with Crippen LogP contribution in [0, 0.1) is 24.7 Å². The van der Waals surface area contributed by atoms with Gasteiger partial charge in [-0.25, -0.2) is 4.79 Å². The van der Waals surface area contributed by atoms with Crippen molar-refractivity contribution in [2.45, 2.75) is 48.5 Å². The van der Waals surface area contributed by atoms with Crippen LogP contribution in [-0.2, 0) is 0 Å². The van der Waals surface area contributed by atoms with Gasteiger partial charge >= 0.3 is 5.97 Å². The molecule has 0 amide bonds. The first-order valence-corrected chi connectivity index (χ1v) is 7.17. The van der Waals surface area contributed by atoms with Gasteiger partial charge in [-0.15, -0.1) is 11.3 Å². The van der Waals surface area contributed by atoms with E-state index in [9.17, 15) is 4.79 Å². The van der Waals surface area contributed by atoms with Crippen molar-refractivity contribution in [3.8, 4) is 11.8 Å². The van der Waals surface area contributed by atoms with E-state index in [1.54, 1.807) is 6.92 Å². The average molecular weight is 268 g/mol. The Bertz CT molecular complexity index is 406. The first-order valence-electron chi connectivity index (χ1n) is 6.36. The Morgan fingerprint density at radius 3 is 2.11 bits per heavy atom. The van der Waals surface area contributed by atoms with E-state index in [4.69, 9.17) is 5.11 Å². The molecule has 1 rings (SSSR count). The zero-order chi connectivity index (χ0) is 14.7. The monoisotopic (exact) mass is 268 g/mol. The molecule has 3 heteroatoms. The highest BCUT2D eigenvalue weighted by Gasteiger charge is 2.10. The second-order valence-electron chi connectivity index (χ2n) is 3.35. The van der Waals surface area contributed by atoms with Gasteiger partial charge in [0.25, 0.3) is 0 Å². The second kappa shape index (κ2) is 10.9. The zero-order valence-corrected chi connectivity index (χ0v) is 13.2. The summed E-state index contributed by atoms with van der Waals surface area (Å²) in [6.07, 6.45) is 0. The van der Waals surface area contributed by atoms with Crippen molar-refractivity contribution in [3.05, 3.63) is 21.4 Å². The number of hydrogen-bond acceptors (Lipinski definition) is 2. The lowest BCUT2D eigenvalue weighted by molar-refractivity contribution is 0.0701. The van der Waals surface area contributed by atoms with Crippen LogP contribution >= 0.6 is 11.3 Å². The number of rotatable bonds is 1. The molecule has 0 aliphatic rings. The maximum absolute atomic E-state index is 10.7. The minimum Gasteiger partial charge on any atom is -0.477 e. The molecule has 1 heterocycles. The van der Waals surface area contributed by atoms with E-state index in [0.717, 1.165) is 10.4 Å². The molecule has 0 unspecified atom stereocenters. The van der Waals surface area contributed by atoms with Crippen molar-refractivity contribution in [1.29, 1.82) is 0 Å². The van der Waals surface area contributed by atoms with Crippen LogP contribution < -0.4 is 0 Å². The fourth-order valence-corrected chi connectivity index (χ4v) is 1.84. The molecule has 0 saturated heterocycles. The van der Waals surface area contributed by atoms with E-state index in [1.807, 2.05) is 47.6 Å². The molecule has 102 valence electrons. The van der Waals surface area contributed by atoms with Gasteiger partial charge in [0.1, 0.15) is 4.88 Å². The molecule has 0 spiro atoms. The Balaban J connectivity index is 0. The average Bonchev–Trinajstić information content (AvgIpc) is 2.73. The van der Waals surface area contributed by atoms with Crippen LogP contribution in [-0.4, -0.2) is 11.1 Å². The number of carbonyl (C=O) groups is 1. The van der Waals surface area contributed by atoms with E-state index in [2.05, 4.69) is 11.8 Å². The van der Waals surface area contributed by atoms with Crippen molar-refractivity contribution < 1.29 is 9.90 Å². The molecule has 1 aromatic heterocycles. The molecule has 0 aromatic carbocycles. The van der Waals surface area contributed by atoms with Gasteiger partial charge in [-0.3, -0.25) is 0 Å². The molecule has 0 bridgehead atoms. The summed E-state index contributed by atoms with van der Waals surface area (Å²) in [7, 11) is 0. The van der Waals surface area contributed by atoms with Gasteiger partial charge in [0.05, 0.1) is 4.88 Å². The van der Waals surface area contributed by atoms with Crippen LogP contribution in [0.25, 0.3) is 0 Å². The molecular weight excluding hydrogens is 244 g/mol. The lowest BCUT2D eigenvalue weighted by Crippen LogP contribution is -1.93. The van der Waals surface area contributed by atoms with Crippen molar-refractivity contribution >= 4 is 17.3 Å². The number of hydrogen-bond donors (Lipinski definition) is 1. The molecule has 0 aliphatic carbocycles. The summed E-state index contributed by atoms with van der Waals surface area (Å²) in [5.41, 5.74) is 0.788. The predicted octanol–water partition coefficient (Wildman–Crippen LogP) is 4.81. The van der Waals surface area contributed by atoms with Gasteiger partial charge in [0.15, 0.2) is 0 Å². The first kappa shape index (κ1) is 19.1. The summed E-state index contributed by atoms with van der Waals surface area (Å²) >= 11 is 1.24. The second-order valence-corrected chi connectivity index (χ2v) is 4.40. The predicted molar refractivity (Wildman–Crippen MR) is 80.4 cm³/mol. The van der Waals surface area contributed by atoms with Crippen LogP contribution in [0.1, 0.15) is 61.7 Å². The minimum atomic E-state index is -0.870. The quantitative estimate of drug-likeness (QED) is 0.742. The highest BCUT2D eigenvalue weighted by Crippen LogP contribution is 2.20. The number of aryl methyl sites for hydroxylation is 1. The number of carboxylic acids is 1. The normalized spacial score (nSPS) is 8.22. The lowest BCUT2D eigenvalue weighted by atomic mass is 10.2. The van der Waals surface area contributed by atoms with E-state index >= 15 is 0 Å². The highest BCUT2D eigenvalue weighted by molar-refractivity contribution is 7.14. The fourth-order valence-electron chi connectivity index (χ4n) is 0.971. The molecule has 0 atom stereocenters.